The molecular weight excluding hydrogens is 354 g/mol. The van der Waals surface area contributed by atoms with Gasteiger partial charge in [-0.25, -0.2) is 4.98 Å². The number of hydrogen-bond acceptors (Lipinski definition) is 3. The van der Waals surface area contributed by atoms with Crippen molar-refractivity contribution in [3.8, 4) is 0 Å². The average molecular weight is 387 g/mol. The van der Waals surface area contributed by atoms with Gasteiger partial charge in [0.25, 0.3) is 5.91 Å². The van der Waals surface area contributed by atoms with Gasteiger partial charge < -0.3 is 10.2 Å². The third-order valence-corrected chi connectivity index (χ3v) is 7.78. The van der Waals surface area contributed by atoms with E-state index in [-0.39, 0.29) is 11.9 Å². The first kappa shape index (κ1) is 18.9. The molecule has 1 aliphatic heterocycles. The topological polar surface area (TPSA) is 46.4 Å². The Morgan fingerprint density at radius 3 is 2.67 bits per heavy atom. The Bertz CT molecular complexity index is 727. The fourth-order valence-corrected chi connectivity index (χ4v) is 5.84. The van der Waals surface area contributed by atoms with Crippen LogP contribution in [0.2, 0.25) is 0 Å². The molecule has 1 amide bonds. The zero-order valence-corrected chi connectivity index (χ0v) is 17.2. The molecule has 4 nitrogen and oxygen atoms in total. The second-order valence-corrected chi connectivity index (χ2v) is 9.49. The maximum absolute atomic E-state index is 12.6. The summed E-state index contributed by atoms with van der Waals surface area (Å²) < 4.78 is 1.29. The van der Waals surface area contributed by atoms with E-state index in [2.05, 4.69) is 36.5 Å². The number of nitrogens with zero attached hydrogens (tertiary/aromatic N) is 1. The van der Waals surface area contributed by atoms with Crippen molar-refractivity contribution in [2.45, 2.75) is 63.8 Å². The van der Waals surface area contributed by atoms with Gasteiger partial charge in [-0.3, -0.25) is 4.79 Å². The lowest BCUT2D eigenvalue weighted by Crippen LogP contribution is -3.17. The SMILES string of the molecule is C[C@@H](C(=O)NCC1CCCCC1)[NH+]1CCC(c2nc3ccccc3s2)CC1. The third kappa shape index (κ3) is 4.52. The fraction of sp³-hybridized carbons (Fsp3) is 0.636. The molecule has 2 aromatic rings. The van der Waals surface area contributed by atoms with Crippen LogP contribution in [0.4, 0.5) is 0 Å². The molecule has 2 fully saturated rings. The first-order chi connectivity index (χ1) is 13.2. The van der Waals surface area contributed by atoms with Crippen molar-refractivity contribution >= 4 is 27.5 Å². The zero-order chi connectivity index (χ0) is 18.6. The molecule has 146 valence electrons. The van der Waals surface area contributed by atoms with Crippen LogP contribution in [0.25, 0.3) is 10.2 Å². The number of para-hydroxylation sites is 1. The molecule has 1 saturated heterocycles. The largest absolute Gasteiger partial charge is 0.351 e. The summed E-state index contributed by atoms with van der Waals surface area (Å²) in [6, 6.07) is 8.48. The smallest absolute Gasteiger partial charge is 0.278 e. The van der Waals surface area contributed by atoms with Crippen molar-refractivity contribution in [1.82, 2.24) is 10.3 Å². The number of carbonyl (C=O) groups is 1. The van der Waals surface area contributed by atoms with Crippen LogP contribution >= 0.6 is 11.3 Å². The number of benzene rings is 1. The van der Waals surface area contributed by atoms with E-state index < -0.39 is 0 Å². The van der Waals surface area contributed by atoms with Crippen LogP contribution in [-0.2, 0) is 4.79 Å². The minimum atomic E-state index is 0.0601. The van der Waals surface area contributed by atoms with Gasteiger partial charge in [0, 0.05) is 25.3 Å². The van der Waals surface area contributed by atoms with Gasteiger partial charge in [-0.05, 0) is 37.8 Å². The Labute approximate surface area is 166 Å². The molecule has 1 saturated carbocycles. The number of amides is 1. The molecule has 4 rings (SSSR count). The van der Waals surface area contributed by atoms with Crippen molar-refractivity contribution in [2.75, 3.05) is 19.6 Å². The van der Waals surface area contributed by atoms with Crippen molar-refractivity contribution in [2.24, 2.45) is 5.92 Å². The Balaban J connectivity index is 1.27. The molecule has 2 aliphatic rings. The fourth-order valence-electron chi connectivity index (χ4n) is 4.71. The zero-order valence-electron chi connectivity index (χ0n) is 16.4. The first-order valence-electron chi connectivity index (χ1n) is 10.7. The molecule has 0 unspecified atom stereocenters. The number of piperidine rings is 1. The number of nitrogens with one attached hydrogen (secondary N) is 2. The Hall–Kier alpha value is -1.46. The summed E-state index contributed by atoms with van der Waals surface area (Å²) in [4.78, 5) is 18.9. The van der Waals surface area contributed by atoms with E-state index >= 15 is 0 Å². The number of quaternary nitrogens is 1. The van der Waals surface area contributed by atoms with E-state index in [1.165, 1.54) is 46.7 Å². The van der Waals surface area contributed by atoms with Crippen molar-refractivity contribution < 1.29 is 9.69 Å². The van der Waals surface area contributed by atoms with Gasteiger partial charge in [0.05, 0.1) is 28.3 Å². The Kier molecular flexibility index (Phi) is 6.08. The summed E-state index contributed by atoms with van der Waals surface area (Å²) >= 11 is 1.84. The lowest BCUT2D eigenvalue weighted by atomic mass is 9.89. The van der Waals surface area contributed by atoms with Gasteiger partial charge in [-0.15, -0.1) is 11.3 Å². The standard InChI is InChI=1S/C22H31N3OS/c1-16(21(26)23-15-17-7-3-2-4-8-17)25-13-11-18(12-14-25)22-24-19-9-5-6-10-20(19)27-22/h5-6,9-10,16-18H,2-4,7-8,11-15H2,1H3,(H,23,26)/p+1/t16-/m0/s1. The van der Waals surface area contributed by atoms with Gasteiger partial charge in [-0.2, -0.15) is 0 Å². The molecule has 1 aliphatic carbocycles. The van der Waals surface area contributed by atoms with E-state index in [1.807, 2.05) is 11.3 Å². The van der Waals surface area contributed by atoms with Gasteiger partial charge >= 0.3 is 0 Å². The normalized spacial score (nSPS) is 25.4. The monoisotopic (exact) mass is 386 g/mol. The lowest BCUT2D eigenvalue weighted by Gasteiger charge is -2.32. The number of likely N-dealkylation sites (tertiary alicyclic amines) is 1. The van der Waals surface area contributed by atoms with Gasteiger partial charge in [0.2, 0.25) is 0 Å². The predicted octanol–water partition coefficient (Wildman–Crippen LogP) is 3.14. The molecule has 1 aromatic heterocycles. The highest BCUT2D eigenvalue weighted by atomic mass is 32.1. The number of hydrogen-bond donors (Lipinski definition) is 2. The second kappa shape index (κ2) is 8.70. The predicted molar refractivity (Wildman–Crippen MR) is 111 cm³/mol. The maximum Gasteiger partial charge on any atom is 0.278 e. The molecule has 1 aromatic carbocycles. The second-order valence-electron chi connectivity index (χ2n) is 8.42. The molecular formula is C22H32N3OS+. The van der Waals surface area contributed by atoms with Crippen LogP contribution in [-0.4, -0.2) is 36.6 Å². The highest BCUT2D eigenvalue weighted by Gasteiger charge is 2.32. The van der Waals surface area contributed by atoms with E-state index in [0.29, 0.717) is 11.8 Å². The lowest BCUT2D eigenvalue weighted by molar-refractivity contribution is -0.919. The van der Waals surface area contributed by atoms with E-state index in [0.717, 1.165) is 38.0 Å². The van der Waals surface area contributed by atoms with Gasteiger partial charge in [0.1, 0.15) is 0 Å². The third-order valence-electron chi connectivity index (χ3n) is 6.58. The van der Waals surface area contributed by atoms with Crippen molar-refractivity contribution in [3.63, 3.8) is 0 Å². The quantitative estimate of drug-likeness (QED) is 0.829. The number of aromatic nitrogens is 1. The number of thiazole rings is 1. The summed E-state index contributed by atoms with van der Waals surface area (Å²) in [6.07, 6.45) is 8.88. The van der Waals surface area contributed by atoms with Crippen LogP contribution in [0.5, 0.6) is 0 Å². The molecule has 27 heavy (non-hydrogen) atoms. The molecule has 5 heteroatoms. The summed E-state index contributed by atoms with van der Waals surface area (Å²) in [7, 11) is 0. The number of fused-ring (bicyclic) bond motifs is 1. The van der Waals surface area contributed by atoms with E-state index in [4.69, 9.17) is 4.98 Å². The summed E-state index contributed by atoms with van der Waals surface area (Å²) in [5, 5.41) is 4.52. The van der Waals surface area contributed by atoms with E-state index in [9.17, 15) is 4.79 Å². The van der Waals surface area contributed by atoms with Crippen LogP contribution < -0.4 is 10.2 Å². The molecule has 0 bridgehead atoms. The van der Waals surface area contributed by atoms with Crippen molar-refractivity contribution in [1.29, 1.82) is 0 Å². The highest BCUT2D eigenvalue weighted by molar-refractivity contribution is 7.18. The van der Waals surface area contributed by atoms with Crippen LogP contribution in [0.1, 0.15) is 62.8 Å². The molecule has 2 N–H and O–H groups in total. The average Bonchev–Trinajstić information content (AvgIpc) is 3.16. The summed E-state index contributed by atoms with van der Waals surface area (Å²) in [5.41, 5.74) is 1.13. The summed E-state index contributed by atoms with van der Waals surface area (Å²) in [5.74, 6) is 1.51. The molecule has 2 heterocycles. The minimum absolute atomic E-state index is 0.0601. The van der Waals surface area contributed by atoms with Crippen LogP contribution in [0, 0.1) is 5.92 Å². The van der Waals surface area contributed by atoms with E-state index in [1.54, 1.807) is 0 Å². The first-order valence-corrected chi connectivity index (χ1v) is 11.5. The van der Waals surface area contributed by atoms with Crippen molar-refractivity contribution in [3.05, 3.63) is 29.3 Å². The molecule has 0 spiro atoms. The minimum Gasteiger partial charge on any atom is -0.351 e. The Morgan fingerprint density at radius 2 is 1.93 bits per heavy atom. The van der Waals surface area contributed by atoms with Gasteiger partial charge in [-0.1, -0.05) is 31.4 Å². The maximum atomic E-state index is 12.6. The Morgan fingerprint density at radius 1 is 1.19 bits per heavy atom. The van der Waals surface area contributed by atoms with Crippen LogP contribution in [0.15, 0.2) is 24.3 Å². The van der Waals surface area contributed by atoms with Crippen LogP contribution in [0.3, 0.4) is 0 Å². The summed E-state index contributed by atoms with van der Waals surface area (Å²) in [6.45, 7) is 5.12. The number of rotatable bonds is 5. The highest BCUT2D eigenvalue weighted by Crippen LogP contribution is 2.31. The molecule has 0 radical (unpaired) electrons. The molecule has 1 atom stereocenters. The van der Waals surface area contributed by atoms with Gasteiger partial charge in [0.15, 0.2) is 6.04 Å². The number of carbonyl (C=O) groups excluding carboxylic acids is 1.